The SMILES string of the molecule is COCCn1nnnc1[C@@H](c1cccc(OC)c1OC)N1CCN(C2CCCCC2)CC1. The second-order valence-corrected chi connectivity index (χ2v) is 8.60. The van der Waals surface area contributed by atoms with Gasteiger partial charge < -0.3 is 14.2 Å². The average molecular weight is 445 g/mol. The number of tetrazole rings is 1. The summed E-state index contributed by atoms with van der Waals surface area (Å²) in [5.74, 6) is 2.25. The van der Waals surface area contributed by atoms with Crippen LogP contribution in [0, 0.1) is 0 Å². The molecule has 2 fully saturated rings. The van der Waals surface area contributed by atoms with Crippen molar-refractivity contribution in [2.75, 3.05) is 54.1 Å². The fraction of sp³-hybridized carbons (Fsp3) is 0.696. The van der Waals surface area contributed by atoms with Crippen molar-refractivity contribution in [3.8, 4) is 11.5 Å². The Bertz CT molecular complexity index is 846. The monoisotopic (exact) mass is 444 g/mol. The molecule has 0 amide bonds. The van der Waals surface area contributed by atoms with Gasteiger partial charge in [0.15, 0.2) is 17.3 Å². The Labute approximate surface area is 190 Å². The molecule has 9 nitrogen and oxygen atoms in total. The van der Waals surface area contributed by atoms with E-state index in [1.165, 1.54) is 32.1 Å². The molecule has 1 saturated carbocycles. The molecule has 0 unspecified atom stereocenters. The van der Waals surface area contributed by atoms with Crippen LogP contribution in [0.25, 0.3) is 0 Å². The third-order valence-corrected chi connectivity index (χ3v) is 6.84. The molecule has 1 saturated heterocycles. The van der Waals surface area contributed by atoms with E-state index >= 15 is 0 Å². The highest BCUT2D eigenvalue weighted by Crippen LogP contribution is 2.40. The molecule has 2 aromatic rings. The Morgan fingerprint density at radius 2 is 1.78 bits per heavy atom. The number of methoxy groups -OCH3 is 3. The molecule has 1 aliphatic heterocycles. The van der Waals surface area contributed by atoms with E-state index < -0.39 is 0 Å². The topological polar surface area (TPSA) is 77.8 Å². The minimum absolute atomic E-state index is 0.125. The van der Waals surface area contributed by atoms with Crippen molar-refractivity contribution in [2.24, 2.45) is 0 Å². The van der Waals surface area contributed by atoms with Crippen molar-refractivity contribution in [1.29, 1.82) is 0 Å². The Kier molecular flexibility index (Phi) is 7.94. The molecular formula is C23H36N6O3. The van der Waals surface area contributed by atoms with E-state index in [2.05, 4.69) is 31.4 Å². The van der Waals surface area contributed by atoms with Gasteiger partial charge in [-0.2, -0.15) is 0 Å². The first-order valence-corrected chi connectivity index (χ1v) is 11.7. The number of benzene rings is 1. The summed E-state index contributed by atoms with van der Waals surface area (Å²) in [5.41, 5.74) is 1.02. The van der Waals surface area contributed by atoms with Crippen LogP contribution in [0.2, 0.25) is 0 Å². The van der Waals surface area contributed by atoms with Crippen LogP contribution in [-0.4, -0.2) is 90.2 Å². The average Bonchev–Trinajstić information content (AvgIpc) is 3.31. The number of nitrogens with zero attached hydrogens (tertiary/aromatic N) is 6. The minimum atomic E-state index is -0.125. The lowest BCUT2D eigenvalue weighted by Crippen LogP contribution is -2.52. The maximum Gasteiger partial charge on any atom is 0.173 e. The summed E-state index contributed by atoms with van der Waals surface area (Å²) in [5, 5.41) is 12.7. The van der Waals surface area contributed by atoms with E-state index in [1.807, 2.05) is 16.8 Å². The van der Waals surface area contributed by atoms with Crippen LogP contribution in [-0.2, 0) is 11.3 Å². The lowest BCUT2D eigenvalue weighted by molar-refractivity contribution is 0.0609. The summed E-state index contributed by atoms with van der Waals surface area (Å²) < 4.78 is 18.5. The smallest absolute Gasteiger partial charge is 0.173 e. The maximum atomic E-state index is 5.81. The Morgan fingerprint density at radius 1 is 1.00 bits per heavy atom. The molecule has 1 aliphatic carbocycles. The molecule has 1 atom stereocenters. The first-order valence-electron chi connectivity index (χ1n) is 11.7. The number of rotatable bonds is 9. The molecule has 32 heavy (non-hydrogen) atoms. The summed E-state index contributed by atoms with van der Waals surface area (Å²) in [7, 11) is 5.05. The van der Waals surface area contributed by atoms with Gasteiger partial charge in [0.25, 0.3) is 0 Å². The first kappa shape index (κ1) is 22.9. The number of hydrogen-bond acceptors (Lipinski definition) is 8. The quantitative estimate of drug-likeness (QED) is 0.583. The van der Waals surface area contributed by atoms with E-state index in [1.54, 1.807) is 21.3 Å². The molecule has 0 spiro atoms. The summed E-state index contributed by atoms with van der Waals surface area (Å²) in [6, 6.07) is 6.64. The summed E-state index contributed by atoms with van der Waals surface area (Å²) >= 11 is 0. The zero-order chi connectivity index (χ0) is 22.3. The van der Waals surface area contributed by atoms with Gasteiger partial charge >= 0.3 is 0 Å². The predicted octanol–water partition coefficient (Wildman–Crippen LogP) is 2.38. The third kappa shape index (κ3) is 4.89. The van der Waals surface area contributed by atoms with E-state index in [9.17, 15) is 0 Å². The van der Waals surface area contributed by atoms with Gasteiger partial charge in [-0.15, -0.1) is 5.10 Å². The van der Waals surface area contributed by atoms with Gasteiger partial charge in [0, 0.05) is 44.9 Å². The van der Waals surface area contributed by atoms with Crippen LogP contribution in [0.15, 0.2) is 18.2 Å². The molecule has 9 heteroatoms. The van der Waals surface area contributed by atoms with Crippen LogP contribution < -0.4 is 9.47 Å². The van der Waals surface area contributed by atoms with Crippen molar-refractivity contribution >= 4 is 0 Å². The number of piperazine rings is 1. The van der Waals surface area contributed by atoms with Crippen LogP contribution in [0.4, 0.5) is 0 Å². The largest absolute Gasteiger partial charge is 0.493 e. The number of hydrogen-bond donors (Lipinski definition) is 0. The predicted molar refractivity (Wildman–Crippen MR) is 121 cm³/mol. The number of aromatic nitrogens is 4. The molecule has 176 valence electrons. The van der Waals surface area contributed by atoms with E-state index in [4.69, 9.17) is 14.2 Å². The Balaban J connectivity index is 1.63. The molecule has 0 N–H and O–H groups in total. The van der Waals surface area contributed by atoms with E-state index in [-0.39, 0.29) is 6.04 Å². The fourth-order valence-corrected chi connectivity index (χ4v) is 5.18. The van der Waals surface area contributed by atoms with Crippen molar-refractivity contribution in [3.63, 3.8) is 0 Å². The van der Waals surface area contributed by atoms with Gasteiger partial charge in [-0.25, -0.2) is 4.68 Å². The van der Waals surface area contributed by atoms with E-state index in [0.717, 1.165) is 49.4 Å². The minimum Gasteiger partial charge on any atom is -0.493 e. The van der Waals surface area contributed by atoms with E-state index in [0.29, 0.717) is 18.9 Å². The van der Waals surface area contributed by atoms with Gasteiger partial charge in [-0.1, -0.05) is 31.4 Å². The highest BCUT2D eigenvalue weighted by Gasteiger charge is 2.34. The van der Waals surface area contributed by atoms with Crippen LogP contribution in [0.1, 0.15) is 49.5 Å². The normalized spacial score (nSPS) is 19.7. The van der Waals surface area contributed by atoms with Crippen LogP contribution in [0.5, 0.6) is 11.5 Å². The molecule has 1 aromatic heterocycles. The van der Waals surface area contributed by atoms with Crippen molar-refractivity contribution < 1.29 is 14.2 Å². The van der Waals surface area contributed by atoms with Gasteiger partial charge in [0.05, 0.1) is 27.4 Å². The van der Waals surface area contributed by atoms with Gasteiger partial charge in [0.1, 0.15) is 6.04 Å². The van der Waals surface area contributed by atoms with Crippen LogP contribution >= 0.6 is 0 Å². The molecule has 0 bridgehead atoms. The van der Waals surface area contributed by atoms with Gasteiger partial charge in [-0.3, -0.25) is 9.80 Å². The van der Waals surface area contributed by atoms with Gasteiger partial charge in [-0.05, 0) is 29.3 Å². The van der Waals surface area contributed by atoms with Crippen molar-refractivity contribution in [2.45, 2.75) is 50.7 Å². The lowest BCUT2D eigenvalue weighted by Gasteiger charge is -2.43. The molecule has 0 radical (unpaired) electrons. The Hall–Kier alpha value is -2.23. The first-order chi connectivity index (χ1) is 15.8. The summed E-state index contributed by atoms with van der Waals surface area (Å²) in [4.78, 5) is 5.16. The summed E-state index contributed by atoms with van der Waals surface area (Å²) in [6.07, 6.45) is 6.79. The number of para-hydroxylation sites is 1. The fourth-order valence-electron chi connectivity index (χ4n) is 5.18. The molecule has 1 aromatic carbocycles. The Morgan fingerprint density at radius 3 is 2.47 bits per heavy atom. The highest BCUT2D eigenvalue weighted by atomic mass is 16.5. The van der Waals surface area contributed by atoms with Crippen LogP contribution in [0.3, 0.4) is 0 Å². The third-order valence-electron chi connectivity index (χ3n) is 6.84. The standard InChI is InChI=1S/C23H36N6O3/c1-30-17-16-29-23(24-25-26-29)21(19-10-7-11-20(31-2)22(19)32-3)28-14-12-27(13-15-28)18-8-5-4-6-9-18/h7,10-11,18,21H,4-6,8-9,12-17H2,1-3H3/t21-/m1/s1. The lowest BCUT2D eigenvalue weighted by atomic mass is 9.93. The number of ether oxygens (including phenoxy) is 3. The zero-order valence-electron chi connectivity index (χ0n) is 19.6. The molecule has 4 rings (SSSR count). The second-order valence-electron chi connectivity index (χ2n) is 8.60. The molecule has 2 heterocycles. The molecular weight excluding hydrogens is 408 g/mol. The summed E-state index contributed by atoms with van der Waals surface area (Å²) in [6.45, 7) is 5.19. The van der Waals surface area contributed by atoms with Gasteiger partial charge in [0.2, 0.25) is 0 Å². The second kappa shape index (κ2) is 11.1. The maximum absolute atomic E-state index is 5.81. The highest BCUT2D eigenvalue weighted by molar-refractivity contribution is 5.49. The van der Waals surface area contributed by atoms with Crippen molar-refractivity contribution in [3.05, 3.63) is 29.6 Å². The zero-order valence-corrected chi connectivity index (χ0v) is 19.6. The molecule has 2 aliphatic rings. The van der Waals surface area contributed by atoms with Crippen molar-refractivity contribution in [1.82, 2.24) is 30.0 Å².